The summed E-state index contributed by atoms with van der Waals surface area (Å²) >= 11 is 0. The molecule has 3 rings (SSSR count). The average Bonchev–Trinajstić information content (AvgIpc) is 2.63. The lowest BCUT2D eigenvalue weighted by Gasteiger charge is -2.23. The lowest BCUT2D eigenvalue weighted by molar-refractivity contribution is -0.136. The van der Waals surface area contributed by atoms with Crippen molar-refractivity contribution in [2.45, 2.75) is 26.3 Å². The van der Waals surface area contributed by atoms with E-state index in [1.165, 1.54) is 10.6 Å². The highest BCUT2D eigenvalue weighted by Crippen LogP contribution is 2.15. The Morgan fingerprint density at radius 1 is 1.20 bits per heavy atom. The van der Waals surface area contributed by atoms with Crippen LogP contribution in [0.4, 0.5) is 0 Å². The summed E-state index contributed by atoms with van der Waals surface area (Å²) in [5.41, 5.74) is 3.89. The zero-order valence-electron chi connectivity index (χ0n) is 14.1. The third-order valence-corrected chi connectivity index (χ3v) is 4.00. The van der Waals surface area contributed by atoms with Crippen molar-refractivity contribution in [2.24, 2.45) is 5.10 Å². The van der Waals surface area contributed by atoms with Crippen molar-refractivity contribution in [1.29, 1.82) is 0 Å². The second-order valence-corrected chi connectivity index (χ2v) is 6.00. The van der Waals surface area contributed by atoms with E-state index in [2.05, 4.69) is 15.4 Å². The molecule has 1 N–H and O–H groups in total. The molecule has 25 heavy (non-hydrogen) atoms. The van der Waals surface area contributed by atoms with Crippen molar-refractivity contribution in [3.63, 3.8) is 0 Å². The molecule has 0 atom stereocenters. The minimum absolute atomic E-state index is 0.0749. The van der Waals surface area contributed by atoms with Gasteiger partial charge in [-0.05, 0) is 24.1 Å². The first-order valence-corrected chi connectivity index (χ1v) is 8.22. The predicted molar refractivity (Wildman–Crippen MR) is 94.7 cm³/mol. The summed E-state index contributed by atoms with van der Waals surface area (Å²) in [4.78, 5) is 28.2. The van der Waals surface area contributed by atoms with Gasteiger partial charge >= 0.3 is 0 Å². The molecule has 0 unspecified atom stereocenters. The number of carbonyl (C=O) groups is 2. The molecule has 6 heteroatoms. The van der Waals surface area contributed by atoms with Gasteiger partial charge in [-0.1, -0.05) is 35.9 Å². The molecule has 128 valence electrons. The number of benzene rings is 1. The van der Waals surface area contributed by atoms with Crippen LogP contribution in [0.15, 0.2) is 53.9 Å². The quantitative estimate of drug-likeness (QED) is 0.908. The number of hydrazone groups is 1. The topological polar surface area (TPSA) is 74.7 Å². The summed E-state index contributed by atoms with van der Waals surface area (Å²) < 4.78 is 0. The number of carbonyl (C=O) groups excluding carboxylic acids is 2. The van der Waals surface area contributed by atoms with E-state index in [-0.39, 0.29) is 18.4 Å². The van der Waals surface area contributed by atoms with Gasteiger partial charge in [-0.15, -0.1) is 0 Å². The van der Waals surface area contributed by atoms with Gasteiger partial charge in [0.15, 0.2) is 0 Å². The Morgan fingerprint density at radius 2 is 2.00 bits per heavy atom. The third kappa shape index (κ3) is 4.50. The largest absolute Gasteiger partial charge is 0.350 e. The molecule has 1 aromatic heterocycles. The van der Waals surface area contributed by atoms with Crippen molar-refractivity contribution >= 4 is 17.5 Å². The summed E-state index contributed by atoms with van der Waals surface area (Å²) in [5, 5.41) is 8.43. The van der Waals surface area contributed by atoms with Crippen molar-refractivity contribution in [3.8, 4) is 0 Å². The van der Waals surface area contributed by atoms with Crippen LogP contribution in [0.25, 0.3) is 0 Å². The summed E-state index contributed by atoms with van der Waals surface area (Å²) in [7, 11) is 0. The standard InChI is InChI=1S/C19H20N4O2/c1-14-4-6-16(7-5-14)17-8-9-19(25)23(22-17)13-18(24)21-12-15-3-2-10-20-11-15/h2-7,10-11H,8-9,12-13H2,1H3,(H,21,24). The number of rotatable bonds is 5. The first-order valence-electron chi connectivity index (χ1n) is 8.22. The van der Waals surface area contributed by atoms with Crippen molar-refractivity contribution in [1.82, 2.24) is 15.3 Å². The maximum Gasteiger partial charge on any atom is 0.243 e. The maximum absolute atomic E-state index is 12.1. The number of nitrogens with one attached hydrogen (secondary N) is 1. The molecule has 1 aliphatic rings. The number of nitrogens with zero attached hydrogens (tertiary/aromatic N) is 3. The Kier molecular flexibility index (Phi) is 5.18. The Hall–Kier alpha value is -3.02. The van der Waals surface area contributed by atoms with E-state index in [0.29, 0.717) is 19.4 Å². The number of aromatic nitrogens is 1. The molecule has 0 radical (unpaired) electrons. The van der Waals surface area contributed by atoms with E-state index in [1.807, 2.05) is 43.3 Å². The molecule has 0 saturated heterocycles. The second kappa shape index (κ2) is 7.70. The molecule has 2 amide bonds. The fourth-order valence-corrected chi connectivity index (χ4v) is 2.57. The van der Waals surface area contributed by atoms with Crippen molar-refractivity contribution in [3.05, 3.63) is 65.5 Å². The molecule has 1 aromatic carbocycles. The molecule has 0 aliphatic carbocycles. The van der Waals surface area contributed by atoms with Crippen LogP contribution in [0.1, 0.15) is 29.5 Å². The fraction of sp³-hybridized carbons (Fsp3) is 0.263. The number of amides is 2. The van der Waals surface area contributed by atoms with Gasteiger partial charge in [0.1, 0.15) is 6.54 Å². The van der Waals surface area contributed by atoms with Gasteiger partial charge in [0, 0.05) is 31.8 Å². The normalized spacial score (nSPS) is 14.2. The average molecular weight is 336 g/mol. The molecule has 1 aliphatic heterocycles. The first-order chi connectivity index (χ1) is 12.1. The van der Waals surface area contributed by atoms with Crippen LogP contribution in [0.3, 0.4) is 0 Å². The van der Waals surface area contributed by atoms with Crippen molar-refractivity contribution < 1.29 is 9.59 Å². The molecule has 2 heterocycles. The number of aryl methyl sites for hydroxylation is 1. The Morgan fingerprint density at radius 3 is 2.72 bits per heavy atom. The van der Waals surface area contributed by atoms with Gasteiger partial charge in [0.2, 0.25) is 11.8 Å². The number of hydrogen-bond donors (Lipinski definition) is 1. The van der Waals surface area contributed by atoms with Crippen LogP contribution in [0, 0.1) is 6.92 Å². The van der Waals surface area contributed by atoms with E-state index in [1.54, 1.807) is 12.4 Å². The van der Waals surface area contributed by atoms with Gasteiger partial charge in [0.05, 0.1) is 5.71 Å². The summed E-state index contributed by atoms with van der Waals surface area (Å²) in [6.07, 6.45) is 4.33. The van der Waals surface area contributed by atoms with Crippen molar-refractivity contribution in [2.75, 3.05) is 6.54 Å². The molecule has 6 nitrogen and oxygen atoms in total. The SMILES string of the molecule is Cc1ccc(C2=NN(CC(=O)NCc3cccnc3)C(=O)CC2)cc1. The molecule has 2 aromatic rings. The monoisotopic (exact) mass is 336 g/mol. The van der Waals surface area contributed by atoms with E-state index >= 15 is 0 Å². The predicted octanol–water partition coefficient (Wildman–Crippen LogP) is 2.03. The smallest absolute Gasteiger partial charge is 0.243 e. The van der Waals surface area contributed by atoms with Gasteiger partial charge in [-0.3, -0.25) is 14.6 Å². The molecule has 0 fully saturated rings. The van der Waals surface area contributed by atoms with Crippen LogP contribution >= 0.6 is 0 Å². The highest BCUT2D eigenvalue weighted by Gasteiger charge is 2.23. The van der Waals surface area contributed by atoms with E-state index < -0.39 is 0 Å². The van der Waals surface area contributed by atoms with Crippen LogP contribution in [0.2, 0.25) is 0 Å². The number of pyridine rings is 1. The van der Waals surface area contributed by atoms with Crippen LogP contribution in [0.5, 0.6) is 0 Å². The molecular weight excluding hydrogens is 316 g/mol. The van der Waals surface area contributed by atoms with Crippen LogP contribution in [-0.2, 0) is 16.1 Å². The zero-order chi connectivity index (χ0) is 17.6. The zero-order valence-corrected chi connectivity index (χ0v) is 14.1. The highest BCUT2D eigenvalue weighted by atomic mass is 16.2. The van der Waals surface area contributed by atoms with Crippen LogP contribution < -0.4 is 5.32 Å². The Balaban J connectivity index is 1.63. The minimum atomic E-state index is -0.244. The van der Waals surface area contributed by atoms with E-state index in [4.69, 9.17) is 0 Å². The van der Waals surface area contributed by atoms with Crippen LogP contribution in [-0.4, -0.2) is 34.1 Å². The molecule has 0 spiro atoms. The second-order valence-electron chi connectivity index (χ2n) is 6.00. The molecule has 0 bridgehead atoms. The summed E-state index contributed by atoms with van der Waals surface area (Å²) in [6, 6.07) is 11.7. The van der Waals surface area contributed by atoms with Gasteiger partial charge in [0.25, 0.3) is 0 Å². The van der Waals surface area contributed by atoms with Gasteiger partial charge in [-0.2, -0.15) is 5.10 Å². The lowest BCUT2D eigenvalue weighted by Crippen LogP contribution is -2.40. The first kappa shape index (κ1) is 16.8. The Labute approximate surface area is 146 Å². The lowest BCUT2D eigenvalue weighted by atomic mass is 10.0. The Bertz CT molecular complexity index is 785. The van der Waals surface area contributed by atoms with Gasteiger partial charge < -0.3 is 5.32 Å². The van der Waals surface area contributed by atoms with Gasteiger partial charge in [-0.25, -0.2) is 5.01 Å². The number of hydrogen-bond acceptors (Lipinski definition) is 4. The minimum Gasteiger partial charge on any atom is -0.350 e. The fourth-order valence-electron chi connectivity index (χ4n) is 2.57. The van der Waals surface area contributed by atoms with E-state index in [0.717, 1.165) is 16.8 Å². The summed E-state index contributed by atoms with van der Waals surface area (Å²) in [5.74, 6) is -0.376. The molecule has 0 saturated carbocycles. The third-order valence-electron chi connectivity index (χ3n) is 4.00. The summed E-state index contributed by atoms with van der Waals surface area (Å²) in [6.45, 7) is 2.33. The van der Waals surface area contributed by atoms with E-state index in [9.17, 15) is 9.59 Å². The highest BCUT2D eigenvalue weighted by molar-refractivity contribution is 6.04. The molecular formula is C19H20N4O2. The maximum atomic E-state index is 12.1.